The van der Waals surface area contributed by atoms with Crippen LogP contribution in [-0.4, -0.2) is 29.7 Å². The largest absolute Gasteiger partial charge is 0.399 e. The molecule has 1 fully saturated rings. The van der Waals surface area contributed by atoms with Crippen molar-refractivity contribution in [1.29, 1.82) is 0 Å². The molecule has 1 aliphatic rings. The second-order valence-electron chi connectivity index (χ2n) is 5.64. The maximum Gasteiger partial charge on any atom is 0.222 e. The Morgan fingerprint density at radius 2 is 2.09 bits per heavy atom. The number of nitrogen functional groups attached to an aromatic ring is 2. The van der Waals surface area contributed by atoms with E-state index in [0.717, 1.165) is 30.0 Å². The minimum Gasteiger partial charge on any atom is -0.399 e. The summed E-state index contributed by atoms with van der Waals surface area (Å²) in [5, 5.41) is 0.629. The molecule has 2 heterocycles. The van der Waals surface area contributed by atoms with E-state index in [9.17, 15) is 0 Å². The van der Waals surface area contributed by atoms with Gasteiger partial charge in [0.1, 0.15) is 5.82 Å². The highest BCUT2D eigenvalue weighted by atomic mass is 35.5. The molecule has 2 aromatic rings. The standard InChI is InChI=1S/C16H20ClN5O/c1-10-7-15(21-16(19)20-10)22-5-2-6-23-9-14(22)12-4-3-11(18)8-13(12)17/h3-4,7-8,14H,2,5-6,9,18H2,1H3,(H2,19,20,21)/t14-/m1/s1. The first-order valence-electron chi connectivity index (χ1n) is 7.55. The van der Waals surface area contributed by atoms with Crippen molar-refractivity contribution in [3.8, 4) is 0 Å². The van der Waals surface area contributed by atoms with Crippen LogP contribution < -0.4 is 16.4 Å². The Bertz CT molecular complexity index is 689. The maximum absolute atomic E-state index is 6.41. The Balaban J connectivity index is 2.03. The Labute approximate surface area is 140 Å². The van der Waals surface area contributed by atoms with Gasteiger partial charge in [-0.1, -0.05) is 17.7 Å². The number of aromatic nitrogens is 2. The molecule has 0 radical (unpaired) electrons. The zero-order valence-electron chi connectivity index (χ0n) is 13.0. The molecule has 6 nitrogen and oxygen atoms in total. The third-order valence-corrected chi connectivity index (χ3v) is 4.20. The number of ether oxygens (including phenoxy) is 1. The lowest BCUT2D eigenvalue weighted by atomic mass is 10.0. The van der Waals surface area contributed by atoms with Crippen molar-refractivity contribution in [3.05, 3.63) is 40.5 Å². The molecule has 122 valence electrons. The molecule has 0 amide bonds. The SMILES string of the molecule is Cc1cc(N2CCCOC[C@@H]2c2ccc(N)cc2Cl)nc(N)n1. The molecule has 0 aliphatic carbocycles. The molecule has 1 aromatic carbocycles. The number of anilines is 3. The second kappa shape index (κ2) is 6.60. The van der Waals surface area contributed by atoms with Crippen LogP contribution in [-0.2, 0) is 4.74 Å². The smallest absolute Gasteiger partial charge is 0.222 e. The van der Waals surface area contributed by atoms with Gasteiger partial charge in [-0.15, -0.1) is 0 Å². The lowest BCUT2D eigenvalue weighted by Gasteiger charge is -2.31. The number of hydrogen-bond acceptors (Lipinski definition) is 6. The van der Waals surface area contributed by atoms with Crippen molar-refractivity contribution in [2.45, 2.75) is 19.4 Å². The van der Waals surface area contributed by atoms with Gasteiger partial charge >= 0.3 is 0 Å². The molecule has 0 unspecified atom stereocenters. The van der Waals surface area contributed by atoms with Crippen LogP contribution in [0.5, 0.6) is 0 Å². The molecule has 1 aliphatic heterocycles. The Kier molecular flexibility index (Phi) is 4.54. The molecule has 0 spiro atoms. The van der Waals surface area contributed by atoms with Crippen LogP contribution in [0, 0.1) is 6.92 Å². The first kappa shape index (κ1) is 15.8. The van der Waals surface area contributed by atoms with Crippen LogP contribution in [0.1, 0.15) is 23.7 Å². The predicted molar refractivity (Wildman–Crippen MR) is 92.6 cm³/mol. The van der Waals surface area contributed by atoms with Crippen molar-refractivity contribution in [2.24, 2.45) is 0 Å². The Hall–Kier alpha value is -2.05. The van der Waals surface area contributed by atoms with E-state index in [1.807, 2.05) is 25.1 Å². The molecule has 3 rings (SSSR count). The summed E-state index contributed by atoms with van der Waals surface area (Å²) in [5.41, 5.74) is 14.1. The van der Waals surface area contributed by atoms with Crippen LogP contribution in [0.25, 0.3) is 0 Å². The molecule has 0 bridgehead atoms. The van der Waals surface area contributed by atoms with Crippen molar-refractivity contribution in [3.63, 3.8) is 0 Å². The van der Waals surface area contributed by atoms with Crippen LogP contribution in [0.15, 0.2) is 24.3 Å². The summed E-state index contributed by atoms with van der Waals surface area (Å²) in [6.07, 6.45) is 0.909. The highest BCUT2D eigenvalue weighted by molar-refractivity contribution is 6.31. The molecular formula is C16H20ClN5O. The van der Waals surface area contributed by atoms with E-state index in [1.54, 1.807) is 6.07 Å². The van der Waals surface area contributed by atoms with E-state index in [0.29, 0.717) is 23.9 Å². The summed E-state index contributed by atoms with van der Waals surface area (Å²) in [6, 6.07) is 7.45. The van der Waals surface area contributed by atoms with Gasteiger partial charge < -0.3 is 21.1 Å². The van der Waals surface area contributed by atoms with Crippen LogP contribution in [0.4, 0.5) is 17.5 Å². The van der Waals surface area contributed by atoms with E-state index in [-0.39, 0.29) is 12.0 Å². The fraction of sp³-hybridized carbons (Fsp3) is 0.375. The lowest BCUT2D eigenvalue weighted by Crippen LogP contribution is -2.32. The minimum atomic E-state index is -0.0423. The van der Waals surface area contributed by atoms with Gasteiger partial charge in [-0.05, 0) is 31.0 Å². The van der Waals surface area contributed by atoms with Gasteiger partial charge in [0.05, 0.1) is 12.6 Å². The minimum absolute atomic E-state index is 0.0423. The number of aryl methyl sites for hydroxylation is 1. The zero-order chi connectivity index (χ0) is 16.4. The van der Waals surface area contributed by atoms with Crippen LogP contribution >= 0.6 is 11.6 Å². The van der Waals surface area contributed by atoms with Crippen molar-refractivity contribution in [2.75, 3.05) is 36.1 Å². The van der Waals surface area contributed by atoms with Crippen molar-refractivity contribution < 1.29 is 4.74 Å². The van der Waals surface area contributed by atoms with Gasteiger partial charge in [-0.25, -0.2) is 4.98 Å². The van der Waals surface area contributed by atoms with E-state index in [4.69, 9.17) is 27.8 Å². The third-order valence-electron chi connectivity index (χ3n) is 3.88. The van der Waals surface area contributed by atoms with Gasteiger partial charge in [0.2, 0.25) is 5.95 Å². The van der Waals surface area contributed by atoms with Gasteiger partial charge in [-0.2, -0.15) is 4.98 Å². The maximum atomic E-state index is 6.41. The number of nitrogens with zero attached hydrogens (tertiary/aromatic N) is 3. The summed E-state index contributed by atoms with van der Waals surface area (Å²) < 4.78 is 5.75. The van der Waals surface area contributed by atoms with Crippen LogP contribution in [0.3, 0.4) is 0 Å². The normalized spacial score (nSPS) is 18.7. The van der Waals surface area contributed by atoms with Gasteiger partial charge in [0.15, 0.2) is 0 Å². The van der Waals surface area contributed by atoms with Gasteiger partial charge in [0.25, 0.3) is 0 Å². The number of halogens is 1. The fourth-order valence-corrected chi connectivity index (χ4v) is 3.16. The van der Waals surface area contributed by atoms with E-state index in [2.05, 4.69) is 14.9 Å². The Morgan fingerprint density at radius 1 is 1.26 bits per heavy atom. The monoisotopic (exact) mass is 333 g/mol. The van der Waals surface area contributed by atoms with E-state index < -0.39 is 0 Å². The molecule has 0 saturated carbocycles. The zero-order valence-corrected chi connectivity index (χ0v) is 13.8. The second-order valence-corrected chi connectivity index (χ2v) is 6.05. The highest BCUT2D eigenvalue weighted by Gasteiger charge is 2.26. The highest BCUT2D eigenvalue weighted by Crippen LogP contribution is 2.33. The molecule has 1 aromatic heterocycles. The number of hydrogen-bond donors (Lipinski definition) is 2. The summed E-state index contributed by atoms with van der Waals surface area (Å²) >= 11 is 6.41. The molecular weight excluding hydrogens is 314 g/mol. The number of nitrogens with two attached hydrogens (primary N) is 2. The topological polar surface area (TPSA) is 90.3 Å². The van der Waals surface area contributed by atoms with Crippen LogP contribution in [0.2, 0.25) is 5.02 Å². The first-order valence-corrected chi connectivity index (χ1v) is 7.93. The average Bonchev–Trinajstić information content (AvgIpc) is 2.72. The van der Waals surface area contributed by atoms with Gasteiger partial charge in [-0.3, -0.25) is 0 Å². The molecule has 23 heavy (non-hydrogen) atoms. The number of rotatable bonds is 2. The number of benzene rings is 1. The summed E-state index contributed by atoms with van der Waals surface area (Å²) in [6.45, 7) is 3.95. The first-order chi connectivity index (χ1) is 11.0. The molecule has 4 N–H and O–H groups in total. The van der Waals surface area contributed by atoms with Crippen molar-refractivity contribution in [1.82, 2.24) is 9.97 Å². The molecule has 1 saturated heterocycles. The summed E-state index contributed by atoms with van der Waals surface area (Å²) in [4.78, 5) is 10.7. The quantitative estimate of drug-likeness (QED) is 0.821. The average molecular weight is 334 g/mol. The fourth-order valence-electron chi connectivity index (χ4n) is 2.84. The lowest BCUT2D eigenvalue weighted by molar-refractivity contribution is 0.134. The van der Waals surface area contributed by atoms with E-state index in [1.165, 1.54) is 0 Å². The Morgan fingerprint density at radius 3 is 2.83 bits per heavy atom. The molecule has 1 atom stereocenters. The summed E-state index contributed by atoms with van der Waals surface area (Å²) in [7, 11) is 0. The predicted octanol–water partition coefficient (Wildman–Crippen LogP) is 2.57. The van der Waals surface area contributed by atoms with E-state index >= 15 is 0 Å². The molecule has 7 heteroatoms. The van der Waals surface area contributed by atoms with Crippen molar-refractivity contribution >= 4 is 29.1 Å². The third kappa shape index (κ3) is 3.48. The van der Waals surface area contributed by atoms with Gasteiger partial charge in [0, 0.05) is 35.6 Å². The summed E-state index contributed by atoms with van der Waals surface area (Å²) in [5.74, 6) is 1.06.